The number of carbonyl (C=O) groups is 1. The van der Waals surface area contributed by atoms with Gasteiger partial charge >= 0.3 is 6.18 Å². The van der Waals surface area contributed by atoms with Crippen molar-refractivity contribution < 1.29 is 22.7 Å². The highest BCUT2D eigenvalue weighted by Gasteiger charge is 2.33. The molecule has 0 aliphatic carbocycles. The number of aromatic nitrogens is 2. The summed E-state index contributed by atoms with van der Waals surface area (Å²) < 4.78 is 43.1. The third-order valence-electron chi connectivity index (χ3n) is 4.45. The maximum Gasteiger partial charge on any atom is 0.435 e. The Morgan fingerprint density at radius 2 is 1.76 bits per heavy atom. The SMILES string of the molecule is CCOc1ccc(NC(=O)CN2CCN(c3ccc(C(F)(F)F)nn3)CC2)cc1. The lowest BCUT2D eigenvalue weighted by Crippen LogP contribution is -2.49. The van der Waals surface area contributed by atoms with Gasteiger partial charge in [0.15, 0.2) is 11.5 Å². The molecular weight excluding hydrogens is 387 g/mol. The lowest BCUT2D eigenvalue weighted by Gasteiger charge is -2.34. The van der Waals surface area contributed by atoms with Crippen LogP contribution in [0.2, 0.25) is 0 Å². The van der Waals surface area contributed by atoms with Crippen LogP contribution in [0.1, 0.15) is 12.6 Å². The Morgan fingerprint density at radius 1 is 1.07 bits per heavy atom. The van der Waals surface area contributed by atoms with Crippen molar-refractivity contribution >= 4 is 17.4 Å². The number of anilines is 2. The highest BCUT2D eigenvalue weighted by atomic mass is 19.4. The van der Waals surface area contributed by atoms with E-state index in [0.29, 0.717) is 44.3 Å². The van der Waals surface area contributed by atoms with Crippen LogP contribution in [0.25, 0.3) is 0 Å². The van der Waals surface area contributed by atoms with Gasteiger partial charge in [-0.05, 0) is 43.3 Å². The van der Waals surface area contributed by atoms with Gasteiger partial charge in [-0.2, -0.15) is 13.2 Å². The Balaban J connectivity index is 1.46. The number of carbonyl (C=O) groups excluding carboxylic acids is 1. The van der Waals surface area contributed by atoms with Crippen LogP contribution in [-0.4, -0.2) is 60.3 Å². The van der Waals surface area contributed by atoms with Crippen LogP contribution in [-0.2, 0) is 11.0 Å². The van der Waals surface area contributed by atoms with Crippen molar-refractivity contribution in [3.05, 3.63) is 42.1 Å². The number of hydrogen-bond donors (Lipinski definition) is 1. The molecule has 0 radical (unpaired) electrons. The maximum atomic E-state index is 12.6. The van der Waals surface area contributed by atoms with E-state index in [1.807, 2.05) is 16.7 Å². The standard InChI is InChI=1S/C19H22F3N5O2/c1-2-29-15-5-3-14(4-6-15)23-18(28)13-26-9-11-27(12-10-26)17-8-7-16(24-25-17)19(20,21)22/h3-8H,2,9-13H2,1H3,(H,23,28). The van der Waals surface area contributed by atoms with Crippen LogP contribution >= 0.6 is 0 Å². The first kappa shape index (κ1) is 20.8. The van der Waals surface area contributed by atoms with E-state index < -0.39 is 11.9 Å². The summed E-state index contributed by atoms with van der Waals surface area (Å²) in [7, 11) is 0. The molecule has 7 nitrogen and oxygen atoms in total. The number of halogens is 3. The summed E-state index contributed by atoms with van der Waals surface area (Å²) in [5, 5.41) is 9.78. The second kappa shape index (κ2) is 9.08. The fourth-order valence-corrected chi connectivity index (χ4v) is 2.98. The molecule has 0 spiro atoms. The number of alkyl halides is 3. The van der Waals surface area contributed by atoms with Gasteiger partial charge in [-0.3, -0.25) is 9.69 Å². The Hall–Kier alpha value is -2.88. The van der Waals surface area contributed by atoms with Crippen LogP contribution in [0.15, 0.2) is 36.4 Å². The fraction of sp³-hybridized carbons (Fsp3) is 0.421. The molecule has 2 aromatic rings. The summed E-state index contributed by atoms with van der Waals surface area (Å²) >= 11 is 0. The summed E-state index contributed by atoms with van der Waals surface area (Å²) in [6.45, 7) is 5.01. The molecule has 2 heterocycles. The number of amides is 1. The zero-order valence-electron chi connectivity index (χ0n) is 15.9. The average Bonchev–Trinajstić information content (AvgIpc) is 2.70. The highest BCUT2D eigenvalue weighted by Crippen LogP contribution is 2.27. The fourth-order valence-electron chi connectivity index (χ4n) is 2.98. The van der Waals surface area contributed by atoms with Crippen LogP contribution < -0.4 is 15.0 Å². The lowest BCUT2D eigenvalue weighted by atomic mass is 10.2. The van der Waals surface area contributed by atoms with Gasteiger partial charge in [-0.1, -0.05) is 0 Å². The normalized spacial score (nSPS) is 15.2. The third kappa shape index (κ3) is 5.80. The van der Waals surface area contributed by atoms with Crippen molar-refractivity contribution in [3.63, 3.8) is 0 Å². The van der Waals surface area contributed by atoms with E-state index in [9.17, 15) is 18.0 Å². The van der Waals surface area contributed by atoms with Crippen molar-refractivity contribution in [2.75, 3.05) is 49.5 Å². The van der Waals surface area contributed by atoms with Gasteiger partial charge in [0.05, 0.1) is 13.2 Å². The van der Waals surface area contributed by atoms with E-state index in [4.69, 9.17) is 4.74 Å². The lowest BCUT2D eigenvalue weighted by molar-refractivity contribution is -0.141. The molecule has 0 bridgehead atoms. The molecule has 29 heavy (non-hydrogen) atoms. The van der Waals surface area contributed by atoms with E-state index in [2.05, 4.69) is 15.5 Å². The first-order valence-electron chi connectivity index (χ1n) is 9.26. The Kier molecular flexibility index (Phi) is 6.53. The Labute approximate surface area is 166 Å². The van der Waals surface area contributed by atoms with E-state index in [-0.39, 0.29) is 12.5 Å². The van der Waals surface area contributed by atoms with Crippen molar-refractivity contribution in [2.24, 2.45) is 0 Å². The molecule has 0 atom stereocenters. The van der Waals surface area contributed by atoms with Gasteiger partial charge in [0.25, 0.3) is 0 Å². The van der Waals surface area contributed by atoms with Gasteiger partial charge in [0, 0.05) is 31.9 Å². The molecule has 1 amide bonds. The molecule has 0 unspecified atom stereocenters. The molecule has 1 N–H and O–H groups in total. The number of rotatable bonds is 6. The molecule has 1 fully saturated rings. The molecule has 1 aromatic heterocycles. The highest BCUT2D eigenvalue weighted by molar-refractivity contribution is 5.92. The summed E-state index contributed by atoms with van der Waals surface area (Å²) in [5.41, 5.74) is -0.317. The topological polar surface area (TPSA) is 70.6 Å². The summed E-state index contributed by atoms with van der Waals surface area (Å²) in [4.78, 5) is 16.1. The molecule has 1 aliphatic rings. The number of ether oxygens (including phenoxy) is 1. The summed E-state index contributed by atoms with van der Waals surface area (Å²) in [6, 6.07) is 9.41. The zero-order chi connectivity index (χ0) is 20.9. The summed E-state index contributed by atoms with van der Waals surface area (Å²) in [6.07, 6.45) is -4.50. The van der Waals surface area contributed by atoms with Crippen LogP contribution in [0, 0.1) is 0 Å². The molecular formula is C19H22F3N5O2. The Bertz CT molecular complexity index is 804. The predicted octanol–water partition coefficient (Wildman–Crippen LogP) is 2.65. The van der Waals surface area contributed by atoms with Gasteiger partial charge in [0.2, 0.25) is 5.91 Å². The van der Waals surface area contributed by atoms with E-state index >= 15 is 0 Å². The number of nitrogens with one attached hydrogen (secondary N) is 1. The number of benzene rings is 1. The van der Waals surface area contributed by atoms with Gasteiger partial charge < -0.3 is 15.0 Å². The molecule has 1 saturated heterocycles. The predicted molar refractivity (Wildman–Crippen MR) is 102 cm³/mol. The van der Waals surface area contributed by atoms with Gasteiger partial charge in [0.1, 0.15) is 5.75 Å². The minimum absolute atomic E-state index is 0.128. The molecule has 10 heteroatoms. The Morgan fingerprint density at radius 3 is 2.31 bits per heavy atom. The first-order chi connectivity index (χ1) is 13.8. The first-order valence-corrected chi connectivity index (χ1v) is 9.26. The minimum atomic E-state index is -4.50. The molecule has 1 aromatic carbocycles. The van der Waals surface area contributed by atoms with Crippen LogP contribution in [0.3, 0.4) is 0 Å². The van der Waals surface area contributed by atoms with E-state index in [1.165, 1.54) is 6.07 Å². The number of hydrogen-bond acceptors (Lipinski definition) is 6. The van der Waals surface area contributed by atoms with Crippen molar-refractivity contribution in [1.29, 1.82) is 0 Å². The van der Waals surface area contributed by atoms with Crippen LogP contribution in [0.5, 0.6) is 5.75 Å². The van der Waals surface area contributed by atoms with Gasteiger partial charge in [-0.15, -0.1) is 10.2 Å². The summed E-state index contributed by atoms with van der Waals surface area (Å²) in [5.74, 6) is 1.02. The monoisotopic (exact) mass is 409 g/mol. The quantitative estimate of drug-likeness (QED) is 0.791. The minimum Gasteiger partial charge on any atom is -0.494 e. The average molecular weight is 409 g/mol. The van der Waals surface area contributed by atoms with Crippen LogP contribution in [0.4, 0.5) is 24.7 Å². The second-order valence-electron chi connectivity index (χ2n) is 6.54. The maximum absolute atomic E-state index is 12.6. The number of nitrogens with zero attached hydrogens (tertiary/aromatic N) is 4. The van der Waals surface area contributed by atoms with Crippen molar-refractivity contribution in [2.45, 2.75) is 13.1 Å². The largest absolute Gasteiger partial charge is 0.494 e. The second-order valence-corrected chi connectivity index (χ2v) is 6.54. The molecule has 156 valence electrons. The van der Waals surface area contributed by atoms with E-state index in [1.54, 1.807) is 24.3 Å². The van der Waals surface area contributed by atoms with Gasteiger partial charge in [-0.25, -0.2) is 0 Å². The number of piperazine rings is 1. The van der Waals surface area contributed by atoms with E-state index in [0.717, 1.165) is 11.8 Å². The molecule has 0 saturated carbocycles. The third-order valence-corrected chi connectivity index (χ3v) is 4.45. The van der Waals surface area contributed by atoms with Crippen molar-refractivity contribution in [3.8, 4) is 5.75 Å². The van der Waals surface area contributed by atoms with Crippen molar-refractivity contribution in [1.82, 2.24) is 15.1 Å². The molecule has 3 rings (SSSR count). The molecule has 1 aliphatic heterocycles. The smallest absolute Gasteiger partial charge is 0.435 e. The zero-order valence-corrected chi connectivity index (χ0v) is 15.9.